The summed E-state index contributed by atoms with van der Waals surface area (Å²) >= 11 is 3.51. The maximum atomic E-state index is 4.44. The smallest absolute Gasteiger partial charge is 0.175 e. The van der Waals surface area contributed by atoms with Gasteiger partial charge in [0.15, 0.2) is 5.82 Å². The van der Waals surface area contributed by atoms with Crippen LogP contribution in [0.25, 0.3) is 5.82 Å². The van der Waals surface area contributed by atoms with E-state index < -0.39 is 0 Å². The van der Waals surface area contributed by atoms with Crippen molar-refractivity contribution in [2.24, 2.45) is 0 Å². The second-order valence-corrected chi connectivity index (χ2v) is 5.25. The molecule has 0 unspecified atom stereocenters. The normalized spacial score (nSPS) is 10.9. The van der Waals surface area contributed by atoms with Crippen LogP contribution in [0, 0.1) is 13.8 Å². The molecule has 2 heterocycles. The van der Waals surface area contributed by atoms with Crippen molar-refractivity contribution in [2.75, 3.05) is 6.54 Å². The lowest BCUT2D eigenvalue weighted by atomic mass is 10.3. The first-order chi connectivity index (χ1) is 9.13. The number of hydrogen-bond acceptors (Lipinski definition) is 4. The third-order valence-electron chi connectivity index (χ3n) is 2.86. The monoisotopic (exact) mass is 323 g/mol. The van der Waals surface area contributed by atoms with Crippen molar-refractivity contribution in [1.29, 1.82) is 0 Å². The molecule has 0 spiro atoms. The minimum absolute atomic E-state index is 0.741. The minimum atomic E-state index is 0.741. The van der Waals surface area contributed by atoms with Gasteiger partial charge in [0.05, 0.1) is 21.6 Å². The van der Waals surface area contributed by atoms with E-state index in [0.717, 1.165) is 46.9 Å². The molecular weight excluding hydrogens is 306 g/mol. The highest BCUT2D eigenvalue weighted by atomic mass is 79.9. The molecule has 0 aromatic carbocycles. The maximum absolute atomic E-state index is 4.44. The molecule has 0 fully saturated rings. The summed E-state index contributed by atoms with van der Waals surface area (Å²) in [6, 6.07) is 3.93. The molecule has 5 nitrogen and oxygen atoms in total. The zero-order valence-electron chi connectivity index (χ0n) is 11.4. The zero-order chi connectivity index (χ0) is 13.8. The summed E-state index contributed by atoms with van der Waals surface area (Å²) in [7, 11) is 0. The fourth-order valence-corrected chi connectivity index (χ4v) is 2.05. The first kappa shape index (κ1) is 14.1. The van der Waals surface area contributed by atoms with Gasteiger partial charge < -0.3 is 5.32 Å². The van der Waals surface area contributed by atoms with E-state index in [1.807, 2.05) is 26.0 Å². The quantitative estimate of drug-likeness (QED) is 0.859. The third kappa shape index (κ3) is 3.19. The molecule has 0 amide bonds. The van der Waals surface area contributed by atoms with Crippen LogP contribution in [0.15, 0.2) is 16.6 Å². The Balaban J connectivity index is 2.15. The Morgan fingerprint density at radius 3 is 2.58 bits per heavy atom. The van der Waals surface area contributed by atoms with Crippen molar-refractivity contribution in [3.05, 3.63) is 33.7 Å². The molecule has 102 valence electrons. The van der Waals surface area contributed by atoms with Gasteiger partial charge in [-0.25, -0.2) is 4.68 Å². The number of aromatic nitrogens is 4. The van der Waals surface area contributed by atoms with Crippen LogP contribution in [0.1, 0.15) is 30.4 Å². The molecule has 0 aliphatic heterocycles. The average Bonchev–Trinajstić information content (AvgIpc) is 2.68. The Labute approximate surface area is 121 Å². The summed E-state index contributed by atoms with van der Waals surface area (Å²) in [6.07, 6.45) is 1.12. The van der Waals surface area contributed by atoms with Gasteiger partial charge in [-0.15, -0.1) is 5.10 Å². The fraction of sp³-hybridized carbons (Fsp3) is 0.462. The number of nitrogens with one attached hydrogen (secondary N) is 1. The molecule has 1 N–H and O–H groups in total. The van der Waals surface area contributed by atoms with Gasteiger partial charge in [-0.05, 0) is 54.9 Å². The maximum Gasteiger partial charge on any atom is 0.175 e. The van der Waals surface area contributed by atoms with E-state index in [1.165, 1.54) is 0 Å². The van der Waals surface area contributed by atoms with Gasteiger partial charge in [0, 0.05) is 6.54 Å². The third-order valence-corrected chi connectivity index (χ3v) is 4.01. The van der Waals surface area contributed by atoms with Crippen LogP contribution < -0.4 is 5.32 Å². The largest absolute Gasteiger partial charge is 0.311 e. The van der Waals surface area contributed by atoms with Crippen LogP contribution in [-0.4, -0.2) is 26.5 Å². The number of halogens is 1. The van der Waals surface area contributed by atoms with Crippen LogP contribution in [-0.2, 0) is 6.54 Å². The lowest BCUT2D eigenvalue weighted by Crippen LogP contribution is -2.15. The number of hydrogen-bond donors (Lipinski definition) is 1. The standard InChI is InChI=1S/C13H18BrN5/c1-4-7-15-8-11-5-6-12(17-16-11)19-10(3)13(14)9(2)18-19/h5-6,15H,4,7-8H2,1-3H3. The molecule has 0 atom stereocenters. The van der Waals surface area contributed by atoms with E-state index in [4.69, 9.17) is 0 Å². The van der Waals surface area contributed by atoms with Crippen molar-refractivity contribution in [3.63, 3.8) is 0 Å². The Bertz CT molecular complexity index is 547. The summed E-state index contributed by atoms with van der Waals surface area (Å²) in [6.45, 7) is 7.85. The van der Waals surface area contributed by atoms with Gasteiger partial charge in [-0.2, -0.15) is 10.2 Å². The van der Waals surface area contributed by atoms with Crippen molar-refractivity contribution < 1.29 is 0 Å². The summed E-state index contributed by atoms with van der Waals surface area (Å²) in [5.41, 5.74) is 2.93. The van der Waals surface area contributed by atoms with Crippen LogP contribution in [0.5, 0.6) is 0 Å². The molecular formula is C13H18BrN5. The fourth-order valence-electron chi connectivity index (χ4n) is 1.80. The van der Waals surface area contributed by atoms with Gasteiger partial charge in [0.25, 0.3) is 0 Å². The molecule has 2 aromatic rings. The summed E-state index contributed by atoms with van der Waals surface area (Å²) in [5.74, 6) is 0.741. The van der Waals surface area contributed by atoms with Crippen LogP contribution in [0.4, 0.5) is 0 Å². The highest BCUT2D eigenvalue weighted by molar-refractivity contribution is 9.10. The Morgan fingerprint density at radius 1 is 1.26 bits per heavy atom. The number of rotatable bonds is 5. The van der Waals surface area contributed by atoms with Gasteiger partial charge in [0.2, 0.25) is 0 Å². The molecule has 0 aliphatic carbocycles. The zero-order valence-corrected chi connectivity index (χ0v) is 13.0. The van der Waals surface area contributed by atoms with E-state index >= 15 is 0 Å². The van der Waals surface area contributed by atoms with Crippen LogP contribution >= 0.6 is 15.9 Å². The Morgan fingerprint density at radius 2 is 2.05 bits per heavy atom. The van der Waals surface area contributed by atoms with Gasteiger partial charge in [0.1, 0.15) is 0 Å². The molecule has 0 aliphatic rings. The van der Waals surface area contributed by atoms with Crippen molar-refractivity contribution >= 4 is 15.9 Å². The van der Waals surface area contributed by atoms with E-state index in [-0.39, 0.29) is 0 Å². The highest BCUT2D eigenvalue weighted by Gasteiger charge is 2.11. The first-order valence-corrected chi connectivity index (χ1v) is 7.18. The second-order valence-electron chi connectivity index (χ2n) is 4.46. The van der Waals surface area contributed by atoms with Crippen molar-refractivity contribution in [2.45, 2.75) is 33.7 Å². The van der Waals surface area contributed by atoms with Crippen LogP contribution in [0.2, 0.25) is 0 Å². The number of aryl methyl sites for hydroxylation is 1. The topological polar surface area (TPSA) is 55.6 Å². The molecule has 2 aromatic heterocycles. The van der Waals surface area contributed by atoms with Crippen molar-refractivity contribution in [1.82, 2.24) is 25.3 Å². The lowest BCUT2D eigenvalue weighted by molar-refractivity contribution is 0.653. The average molecular weight is 324 g/mol. The number of nitrogens with zero attached hydrogens (tertiary/aromatic N) is 4. The van der Waals surface area contributed by atoms with Crippen LogP contribution in [0.3, 0.4) is 0 Å². The Hall–Kier alpha value is -1.27. The highest BCUT2D eigenvalue weighted by Crippen LogP contribution is 2.21. The minimum Gasteiger partial charge on any atom is -0.311 e. The van der Waals surface area contributed by atoms with E-state index in [2.05, 4.69) is 43.5 Å². The SMILES string of the molecule is CCCNCc1ccc(-n2nc(C)c(Br)c2C)nn1. The van der Waals surface area contributed by atoms with E-state index in [9.17, 15) is 0 Å². The molecule has 2 rings (SSSR count). The second kappa shape index (κ2) is 6.25. The van der Waals surface area contributed by atoms with Gasteiger partial charge in [-0.1, -0.05) is 6.92 Å². The van der Waals surface area contributed by atoms with E-state index in [1.54, 1.807) is 4.68 Å². The molecule has 0 radical (unpaired) electrons. The van der Waals surface area contributed by atoms with E-state index in [0.29, 0.717) is 0 Å². The predicted molar refractivity (Wildman–Crippen MR) is 78.3 cm³/mol. The summed E-state index contributed by atoms with van der Waals surface area (Å²) < 4.78 is 2.82. The summed E-state index contributed by atoms with van der Waals surface area (Å²) in [4.78, 5) is 0. The lowest BCUT2D eigenvalue weighted by Gasteiger charge is -2.05. The first-order valence-electron chi connectivity index (χ1n) is 6.39. The molecule has 0 saturated heterocycles. The van der Waals surface area contributed by atoms with Gasteiger partial charge >= 0.3 is 0 Å². The Kier molecular flexibility index (Phi) is 4.66. The summed E-state index contributed by atoms with van der Waals surface area (Å²) in [5, 5.41) is 16.2. The molecule has 0 saturated carbocycles. The van der Waals surface area contributed by atoms with Gasteiger partial charge in [-0.3, -0.25) is 0 Å². The molecule has 19 heavy (non-hydrogen) atoms. The molecule has 0 bridgehead atoms. The predicted octanol–water partition coefficient (Wildman–Crippen LogP) is 2.54. The molecule has 6 heteroatoms. The van der Waals surface area contributed by atoms with Crippen molar-refractivity contribution in [3.8, 4) is 5.82 Å².